The molecule has 0 unspecified atom stereocenters. The van der Waals surface area contributed by atoms with Gasteiger partial charge < -0.3 is 0 Å². The van der Waals surface area contributed by atoms with Gasteiger partial charge in [-0.2, -0.15) is 0 Å². The molecule has 102 valence electrons. The molecule has 0 atom stereocenters. The second kappa shape index (κ2) is 6.07. The Labute approximate surface area is 123 Å². The molecule has 2 aromatic rings. The van der Waals surface area contributed by atoms with E-state index in [1.807, 2.05) is 43.3 Å². The molecule has 0 radical (unpaired) electrons. The summed E-state index contributed by atoms with van der Waals surface area (Å²) in [6.07, 6.45) is 0.829. The second-order valence-corrected chi connectivity index (χ2v) is 7.85. The van der Waals surface area contributed by atoms with Crippen molar-refractivity contribution in [1.82, 2.24) is 0 Å². The van der Waals surface area contributed by atoms with Crippen LogP contribution in [0.4, 0.5) is 0 Å². The maximum absolute atomic E-state index is 12.5. The van der Waals surface area contributed by atoms with E-state index in [0.717, 1.165) is 22.4 Å². The van der Waals surface area contributed by atoms with Crippen LogP contribution in [-0.2, 0) is 27.9 Å². The number of sulfone groups is 1. The number of hydrogen-bond donors (Lipinski definition) is 0. The minimum atomic E-state index is -3.31. The molecule has 5 heteroatoms. The smallest absolute Gasteiger partial charge is 0.192 e. The van der Waals surface area contributed by atoms with Crippen LogP contribution >= 0.6 is 22.9 Å². The molecule has 0 spiro atoms. The van der Waals surface area contributed by atoms with Gasteiger partial charge in [-0.25, -0.2) is 8.42 Å². The van der Waals surface area contributed by atoms with Crippen LogP contribution in [-0.4, -0.2) is 8.42 Å². The average molecular weight is 315 g/mol. The summed E-state index contributed by atoms with van der Waals surface area (Å²) < 4.78 is 25.3. The molecule has 0 aliphatic rings. The molecule has 1 aromatic carbocycles. The zero-order valence-corrected chi connectivity index (χ0v) is 13.0. The fourth-order valence-corrected chi connectivity index (χ4v) is 5.37. The van der Waals surface area contributed by atoms with Gasteiger partial charge in [0.2, 0.25) is 0 Å². The van der Waals surface area contributed by atoms with E-state index in [1.54, 1.807) is 0 Å². The summed E-state index contributed by atoms with van der Waals surface area (Å²) in [5.74, 6) is 0.265. The number of halogens is 1. The largest absolute Gasteiger partial charge is 0.223 e. The van der Waals surface area contributed by atoms with Crippen LogP contribution in [0.1, 0.15) is 22.9 Å². The molecule has 0 saturated heterocycles. The quantitative estimate of drug-likeness (QED) is 0.781. The Bertz CT molecular complexity index is 645. The highest BCUT2D eigenvalue weighted by molar-refractivity contribution is 7.92. The second-order valence-electron chi connectivity index (χ2n) is 4.26. The van der Waals surface area contributed by atoms with E-state index in [4.69, 9.17) is 11.6 Å². The number of thiophene rings is 1. The Kier molecular flexibility index (Phi) is 4.66. The summed E-state index contributed by atoms with van der Waals surface area (Å²) in [5, 5.41) is 0. The van der Waals surface area contributed by atoms with Gasteiger partial charge in [0, 0.05) is 10.8 Å². The third-order valence-electron chi connectivity index (χ3n) is 2.80. The first-order valence-corrected chi connectivity index (χ1v) is 9.01. The van der Waals surface area contributed by atoms with E-state index in [1.165, 1.54) is 11.3 Å². The highest BCUT2D eigenvalue weighted by Gasteiger charge is 2.22. The SMILES string of the molecule is CCc1cc(CCl)c(S(=O)(=O)Cc2ccccc2)s1. The predicted molar refractivity (Wildman–Crippen MR) is 80.6 cm³/mol. The van der Waals surface area contributed by atoms with Crippen molar-refractivity contribution in [2.24, 2.45) is 0 Å². The Balaban J connectivity index is 2.36. The fraction of sp³-hybridized carbons (Fsp3) is 0.286. The van der Waals surface area contributed by atoms with Crippen molar-refractivity contribution >= 4 is 32.8 Å². The zero-order valence-electron chi connectivity index (χ0n) is 10.6. The molecule has 0 N–H and O–H groups in total. The molecule has 0 saturated carbocycles. The van der Waals surface area contributed by atoms with Crippen LogP contribution in [0.25, 0.3) is 0 Å². The molecule has 2 rings (SSSR count). The number of alkyl halides is 1. The van der Waals surface area contributed by atoms with Crippen LogP contribution in [0.5, 0.6) is 0 Å². The summed E-state index contributed by atoms with van der Waals surface area (Å²) in [5.41, 5.74) is 1.52. The maximum Gasteiger partial charge on any atom is 0.192 e. The number of aryl methyl sites for hydroxylation is 1. The standard InChI is InChI=1S/C14H15ClO2S2/c1-2-13-8-12(9-15)14(18-13)19(16,17)10-11-6-4-3-5-7-11/h3-8H,2,9-10H2,1H3. The van der Waals surface area contributed by atoms with Gasteiger partial charge in [0.15, 0.2) is 9.84 Å². The zero-order chi connectivity index (χ0) is 13.9. The minimum absolute atomic E-state index is 0.0292. The molecule has 0 aliphatic carbocycles. The van der Waals surface area contributed by atoms with Crippen molar-refractivity contribution in [1.29, 1.82) is 0 Å². The predicted octanol–water partition coefficient (Wildman–Crippen LogP) is 4.02. The topological polar surface area (TPSA) is 34.1 Å². The minimum Gasteiger partial charge on any atom is -0.223 e. The third kappa shape index (κ3) is 3.38. The lowest BCUT2D eigenvalue weighted by Gasteiger charge is -2.04. The number of rotatable bonds is 5. The number of hydrogen-bond acceptors (Lipinski definition) is 3. The van der Waals surface area contributed by atoms with Crippen molar-refractivity contribution < 1.29 is 8.42 Å². The molecule has 2 nitrogen and oxygen atoms in total. The van der Waals surface area contributed by atoms with Gasteiger partial charge in [0.1, 0.15) is 4.21 Å². The molecule has 0 bridgehead atoms. The van der Waals surface area contributed by atoms with Gasteiger partial charge in [0.05, 0.1) is 5.75 Å². The lowest BCUT2D eigenvalue weighted by molar-refractivity contribution is 0.597. The van der Waals surface area contributed by atoms with Crippen LogP contribution in [0.3, 0.4) is 0 Å². The molecule has 0 amide bonds. The van der Waals surface area contributed by atoms with E-state index >= 15 is 0 Å². The fourth-order valence-electron chi connectivity index (χ4n) is 1.86. The third-order valence-corrected chi connectivity index (χ3v) is 6.75. The summed E-state index contributed by atoms with van der Waals surface area (Å²) in [4.78, 5) is 1.06. The Morgan fingerprint density at radius 2 is 1.89 bits per heavy atom. The lowest BCUT2D eigenvalue weighted by atomic mass is 10.2. The van der Waals surface area contributed by atoms with E-state index < -0.39 is 9.84 Å². The molecule has 1 aromatic heterocycles. The van der Waals surface area contributed by atoms with Crippen molar-refractivity contribution in [3.05, 3.63) is 52.4 Å². The first kappa shape index (κ1) is 14.6. The van der Waals surface area contributed by atoms with Gasteiger partial charge >= 0.3 is 0 Å². The molecule has 0 aliphatic heterocycles. The summed E-state index contributed by atoms with van der Waals surface area (Å²) in [7, 11) is -3.31. The highest BCUT2D eigenvalue weighted by Crippen LogP contribution is 2.31. The van der Waals surface area contributed by atoms with Gasteiger partial charge in [-0.1, -0.05) is 37.3 Å². The van der Waals surface area contributed by atoms with Crippen molar-refractivity contribution in [3.63, 3.8) is 0 Å². The van der Waals surface area contributed by atoms with Crippen LogP contribution in [0.2, 0.25) is 0 Å². The van der Waals surface area contributed by atoms with Gasteiger partial charge in [-0.15, -0.1) is 22.9 Å². The van der Waals surface area contributed by atoms with Crippen LogP contribution in [0, 0.1) is 0 Å². The Hall–Kier alpha value is -0.840. The van der Waals surface area contributed by atoms with E-state index in [-0.39, 0.29) is 11.6 Å². The van der Waals surface area contributed by atoms with Crippen LogP contribution in [0.15, 0.2) is 40.6 Å². The first-order valence-electron chi connectivity index (χ1n) is 6.01. The van der Waals surface area contributed by atoms with Crippen molar-refractivity contribution in [3.8, 4) is 0 Å². The van der Waals surface area contributed by atoms with Gasteiger partial charge in [-0.3, -0.25) is 0 Å². The normalized spacial score (nSPS) is 11.7. The molecule has 0 fully saturated rings. The summed E-state index contributed by atoms with van der Waals surface area (Å²) >= 11 is 7.19. The van der Waals surface area contributed by atoms with Crippen molar-refractivity contribution in [2.75, 3.05) is 0 Å². The van der Waals surface area contributed by atoms with E-state index in [2.05, 4.69) is 0 Å². The lowest BCUT2D eigenvalue weighted by Crippen LogP contribution is -2.04. The monoisotopic (exact) mass is 314 g/mol. The Morgan fingerprint density at radius 1 is 1.21 bits per heavy atom. The molecule has 19 heavy (non-hydrogen) atoms. The summed E-state index contributed by atoms with van der Waals surface area (Å²) in [6.45, 7) is 2.01. The van der Waals surface area contributed by atoms with Gasteiger partial charge in [0.25, 0.3) is 0 Å². The van der Waals surface area contributed by atoms with Crippen molar-refractivity contribution in [2.45, 2.75) is 29.2 Å². The van der Waals surface area contributed by atoms with Crippen LogP contribution < -0.4 is 0 Å². The van der Waals surface area contributed by atoms with E-state index in [0.29, 0.717) is 4.21 Å². The molecular formula is C14H15ClO2S2. The Morgan fingerprint density at radius 3 is 2.47 bits per heavy atom. The average Bonchev–Trinajstić information content (AvgIpc) is 2.83. The van der Waals surface area contributed by atoms with E-state index in [9.17, 15) is 8.42 Å². The maximum atomic E-state index is 12.5. The molecule has 1 heterocycles. The number of benzene rings is 1. The first-order chi connectivity index (χ1) is 9.06. The molecular weight excluding hydrogens is 300 g/mol. The highest BCUT2D eigenvalue weighted by atomic mass is 35.5. The summed E-state index contributed by atoms with van der Waals surface area (Å²) in [6, 6.07) is 11.1. The van der Waals surface area contributed by atoms with Gasteiger partial charge in [-0.05, 0) is 23.6 Å².